The molecule has 0 heterocycles. The molecule has 0 atom stereocenters. The van der Waals surface area contributed by atoms with Crippen molar-refractivity contribution >= 4 is 19.9 Å². The first-order valence-electron chi connectivity index (χ1n) is 2.53. The maximum atomic E-state index is 10.4. The summed E-state index contributed by atoms with van der Waals surface area (Å²) in [6.07, 6.45) is -4.26. The molecule has 0 saturated heterocycles. The lowest BCUT2D eigenvalue weighted by Gasteiger charge is -2.20. The molecule has 70 valence electrons. The number of hydrogen-bond donors (Lipinski definition) is 4. The lowest BCUT2D eigenvalue weighted by atomic mass is 10.8. The van der Waals surface area contributed by atoms with E-state index in [9.17, 15) is 14.2 Å². The van der Waals surface area contributed by atoms with Crippen LogP contribution in [0.25, 0.3) is 0 Å². The summed E-state index contributed by atoms with van der Waals surface area (Å²) in [5.74, 6) is 0. The van der Waals surface area contributed by atoms with Crippen molar-refractivity contribution in [2.75, 3.05) is 7.05 Å². The van der Waals surface area contributed by atoms with Crippen molar-refractivity contribution in [1.29, 1.82) is 0 Å². The largest absolute Gasteiger partial charge is 0.547 e. The Morgan fingerprint density at radius 3 is 1.42 bits per heavy atom. The monoisotopic (exact) mass is 200 g/mol. The first kappa shape index (κ1) is 11.1. The second kappa shape index (κ2) is 2.83. The minimum absolute atomic E-state index is 0.394. The van der Waals surface area contributed by atoms with E-state index >= 15 is 0 Å². The average Bonchev–Trinajstić information content (AvgIpc) is 1.82. The fraction of sp³-hybridized carbons (Fsp3) is 0.333. The Balaban J connectivity index is 5.32. The minimum Gasteiger partial charge on any atom is -0.435 e. The molecule has 0 aromatic carbocycles. The van der Waals surface area contributed by atoms with Gasteiger partial charge in [0.15, 0.2) is 0 Å². The highest BCUT2D eigenvalue weighted by Crippen LogP contribution is 2.46. The van der Waals surface area contributed by atoms with Crippen LogP contribution >= 0.6 is 7.75 Å². The molecule has 0 unspecified atom stereocenters. The minimum atomic E-state index is -5.26. The molecule has 2 amide bonds. The highest BCUT2D eigenvalue weighted by atomic mass is 31.2. The molecule has 0 aromatic heterocycles. The van der Waals surface area contributed by atoms with Gasteiger partial charge in [-0.1, -0.05) is 0 Å². The summed E-state index contributed by atoms with van der Waals surface area (Å²) >= 11 is 0. The summed E-state index contributed by atoms with van der Waals surface area (Å²) in [4.78, 5) is 37.2. The Morgan fingerprint density at radius 1 is 1.17 bits per heavy atom. The van der Waals surface area contributed by atoms with Gasteiger partial charge < -0.3 is 10.2 Å². The number of amides is 2. The van der Waals surface area contributed by atoms with Crippen LogP contribution in [0.15, 0.2) is 0 Å². The summed E-state index contributed by atoms with van der Waals surface area (Å²) in [6.45, 7) is 0. The van der Waals surface area contributed by atoms with Gasteiger partial charge >= 0.3 is 19.9 Å². The Bertz CT molecular complexity index is 252. The molecule has 4 N–H and O–H groups in total. The van der Waals surface area contributed by atoms with E-state index in [2.05, 4.69) is 0 Å². The Morgan fingerprint density at radius 2 is 1.42 bits per heavy atom. The van der Waals surface area contributed by atoms with Gasteiger partial charge in [0, 0.05) is 0 Å². The van der Waals surface area contributed by atoms with E-state index < -0.39 is 24.2 Å². The summed E-state index contributed by atoms with van der Waals surface area (Å²) in [7, 11) is -4.87. The van der Waals surface area contributed by atoms with Gasteiger partial charge in [-0.3, -0.25) is 9.79 Å². The van der Waals surface area contributed by atoms with E-state index in [1.54, 1.807) is 0 Å². The van der Waals surface area contributed by atoms with Gasteiger partial charge in [0.1, 0.15) is 0 Å². The van der Waals surface area contributed by atoms with Gasteiger partial charge in [-0.05, 0) is 4.25 Å². The summed E-state index contributed by atoms with van der Waals surface area (Å²) in [6, 6.07) is 0. The van der Waals surface area contributed by atoms with Crippen molar-refractivity contribution in [2.45, 2.75) is 0 Å². The summed E-state index contributed by atoms with van der Waals surface area (Å²) in [5.41, 5.74) is 0. The maximum absolute atomic E-state index is 10.4. The number of carbonyl (C=O) groups is 2. The second-order valence-electron chi connectivity index (χ2n) is 2.04. The van der Waals surface area contributed by atoms with Gasteiger partial charge in [-0.25, -0.2) is 4.57 Å². The number of carboxylic acid groups (broad SMARTS) is 2. The number of hydrogen-bond acceptors (Lipinski definition) is 3. The molecule has 9 heteroatoms. The number of imide groups is 1. The standard InChI is InChI=1S/C3H6NO7P/c1-4(2(5)6,3(7)8)12(9,10)11/h1H3,(H3-,5,6,7,8,9,10,11)/p+1. The van der Waals surface area contributed by atoms with Crippen LogP contribution < -0.4 is 0 Å². The zero-order valence-electron chi connectivity index (χ0n) is 5.91. The second-order valence-corrected chi connectivity index (χ2v) is 3.86. The van der Waals surface area contributed by atoms with E-state index in [0.29, 0.717) is 7.05 Å². The van der Waals surface area contributed by atoms with Crippen LogP contribution in [0.4, 0.5) is 9.59 Å². The summed E-state index contributed by atoms with van der Waals surface area (Å²) < 4.78 is 8.07. The van der Waals surface area contributed by atoms with E-state index in [1.807, 2.05) is 0 Å². The van der Waals surface area contributed by atoms with Gasteiger partial charge in [0.2, 0.25) is 0 Å². The van der Waals surface area contributed by atoms with E-state index in [0.717, 1.165) is 0 Å². The Kier molecular flexibility index (Phi) is 2.61. The van der Waals surface area contributed by atoms with Crippen LogP contribution in [-0.2, 0) is 4.57 Å². The molecular weight excluding hydrogens is 193 g/mol. The fourth-order valence-electron chi connectivity index (χ4n) is 0.305. The lowest BCUT2D eigenvalue weighted by molar-refractivity contribution is -0.648. The fourth-order valence-corrected chi connectivity index (χ4v) is 0.750. The Labute approximate surface area is 66.5 Å². The molecule has 0 aliphatic carbocycles. The van der Waals surface area contributed by atoms with Crippen molar-refractivity contribution < 1.29 is 38.4 Å². The van der Waals surface area contributed by atoms with Crippen LogP contribution in [0.1, 0.15) is 0 Å². The highest BCUT2D eigenvalue weighted by Gasteiger charge is 2.57. The molecule has 0 radical (unpaired) electrons. The SMILES string of the molecule is C[N+](C(=O)O)(C(=O)O)P(=O)(O)O. The molecule has 0 rings (SSSR count). The predicted molar refractivity (Wildman–Crippen MR) is 34.3 cm³/mol. The van der Waals surface area contributed by atoms with Crippen molar-refractivity contribution in [1.82, 2.24) is 0 Å². The van der Waals surface area contributed by atoms with Crippen LogP contribution in [0.5, 0.6) is 0 Å². The highest BCUT2D eigenvalue weighted by molar-refractivity contribution is 7.46. The average molecular weight is 200 g/mol. The molecule has 0 aliphatic heterocycles. The van der Waals surface area contributed by atoms with E-state index in [4.69, 9.17) is 20.0 Å². The molecule has 0 aromatic rings. The first-order chi connectivity index (χ1) is 5.14. The van der Waals surface area contributed by atoms with Crippen LogP contribution in [-0.4, -0.2) is 43.5 Å². The lowest BCUT2D eigenvalue weighted by Crippen LogP contribution is -2.49. The van der Waals surface area contributed by atoms with E-state index in [-0.39, 0.29) is 0 Å². The molecule has 0 spiro atoms. The summed E-state index contributed by atoms with van der Waals surface area (Å²) in [5, 5.41) is 16.5. The van der Waals surface area contributed by atoms with Crippen molar-refractivity contribution in [3.8, 4) is 0 Å². The van der Waals surface area contributed by atoms with Crippen molar-refractivity contribution in [3.63, 3.8) is 0 Å². The van der Waals surface area contributed by atoms with Gasteiger partial charge in [0.25, 0.3) is 0 Å². The number of rotatable bonds is 1. The maximum Gasteiger partial charge on any atom is 0.547 e. The topological polar surface area (TPSA) is 132 Å². The van der Waals surface area contributed by atoms with E-state index in [1.165, 1.54) is 0 Å². The van der Waals surface area contributed by atoms with Crippen LogP contribution in [0, 0.1) is 0 Å². The Hall–Kier alpha value is -0.950. The predicted octanol–water partition coefficient (Wildman–Crippen LogP) is -0.118. The van der Waals surface area contributed by atoms with Gasteiger partial charge in [0.05, 0.1) is 7.05 Å². The molecule has 0 bridgehead atoms. The first-order valence-corrected chi connectivity index (χ1v) is 4.10. The zero-order valence-corrected chi connectivity index (χ0v) is 6.80. The van der Waals surface area contributed by atoms with Crippen molar-refractivity contribution in [2.24, 2.45) is 0 Å². The van der Waals surface area contributed by atoms with Crippen LogP contribution in [0.3, 0.4) is 0 Å². The normalized spacial score (nSPS) is 12.6. The number of nitrogens with zero attached hydrogens (tertiary/aromatic N) is 1. The number of quaternary nitrogens is 1. The molecule has 0 saturated carbocycles. The van der Waals surface area contributed by atoms with Gasteiger partial charge in [-0.15, -0.1) is 0 Å². The molecule has 0 fully saturated rings. The molecular formula is C3H7NO7P+. The zero-order chi connectivity index (χ0) is 10.2. The third kappa shape index (κ3) is 1.46. The van der Waals surface area contributed by atoms with Crippen molar-refractivity contribution in [3.05, 3.63) is 0 Å². The molecule has 0 aliphatic rings. The third-order valence-electron chi connectivity index (χ3n) is 1.27. The molecule has 12 heavy (non-hydrogen) atoms. The van der Waals surface area contributed by atoms with Gasteiger partial charge in [-0.2, -0.15) is 9.59 Å². The molecule has 8 nitrogen and oxygen atoms in total. The van der Waals surface area contributed by atoms with Crippen LogP contribution in [0.2, 0.25) is 0 Å². The quantitative estimate of drug-likeness (QED) is 0.433. The smallest absolute Gasteiger partial charge is 0.435 e. The third-order valence-corrected chi connectivity index (χ3v) is 2.65.